The molecule has 0 radical (unpaired) electrons. The third-order valence-corrected chi connectivity index (χ3v) is 3.78. The standard InChI is InChI=1S/C15H21N7O/c1-3-21-13-9-18-22(15(13)12(2)19-21)10-14(23)17-5-4-7-20-8-6-16-11-20/h6,8-9,11H,3-5,7,10H2,1-2H3,(H,17,23). The Kier molecular flexibility index (Phi) is 4.40. The van der Waals surface area contributed by atoms with Crippen molar-refractivity contribution in [2.24, 2.45) is 0 Å². The van der Waals surface area contributed by atoms with E-state index in [1.54, 1.807) is 23.4 Å². The van der Waals surface area contributed by atoms with Gasteiger partial charge in [-0.3, -0.25) is 14.2 Å². The fourth-order valence-electron chi connectivity index (χ4n) is 2.68. The molecule has 0 aliphatic rings. The molecule has 0 bridgehead atoms. The summed E-state index contributed by atoms with van der Waals surface area (Å²) >= 11 is 0. The number of imidazole rings is 1. The lowest BCUT2D eigenvalue weighted by Crippen LogP contribution is -2.29. The van der Waals surface area contributed by atoms with E-state index < -0.39 is 0 Å². The lowest BCUT2D eigenvalue weighted by Gasteiger charge is -2.06. The highest BCUT2D eigenvalue weighted by Crippen LogP contribution is 2.17. The van der Waals surface area contributed by atoms with Gasteiger partial charge < -0.3 is 9.88 Å². The van der Waals surface area contributed by atoms with Crippen LogP contribution in [0.25, 0.3) is 11.0 Å². The third-order valence-electron chi connectivity index (χ3n) is 3.78. The van der Waals surface area contributed by atoms with Crippen molar-refractivity contribution in [2.75, 3.05) is 6.54 Å². The molecule has 0 spiro atoms. The average Bonchev–Trinajstić information content (AvgIpc) is 3.24. The van der Waals surface area contributed by atoms with E-state index >= 15 is 0 Å². The summed E-state index contributed by atoms with van der Waals surface area (Å²) < 4.78 is 5.61. The van der Waals surface area contributed by atoms with Crippen LogP contribution in [0.3, 0.4) is 0 Å². The van der Waals surface area contributed by atoms with E-state index in [0.29, 0.717) is 6.54 Å². The van der Waals surface area contributed by atoms with Crippen molar-refractivity contribution >= 4 is 16.9 Å². The molecule has 1 amide bonds. The van der Waals surface area contributed by atoms with Crippen molar-refractivity contribution < 1.29 is 4.79 Å². The predicted molar refractivity (Wildman–Crippen MR) is 85.8 cm³/mol. The first kappa shape index (κ1) is 15.3. The summed E-state index contributed by atoms with van der Waals surface area (Å²) in [6.07, 6.45) is 8.07. The molecule has 3 aromatic rings. The number of carbonyl (C=O) groups excluding carboxylic acids is 1. The van der Waals surface area contributed by atoms with Gasteiger partial charge in [0.1, 0.15) is 17.6 Å². The smallest absolute Gasteiger partial charge is 0.241 e. The molecular weight excluding hydrogens is 294 g/mol. The topological polar surface area (TPSA) is 82.6 Å². The number of rotatable bonds is 7. The molecule has 8 heteroatoms. The zero-order valence-corrected chi connectivity index (χ0v) is 13.4. The summed E-state index contributed by atoms with van der Waals surface area (Å²) in [6, 6.07) is 0. The molecule has 0 unspecified atom stereocenters. The lowest BCUT2D eigenvalue weighted by atomic mass is 10.4. The molecule has 122 valence electrons. The van der Waals surface area contributed by atoms with Crippen molar-refractivity contribution in [3.8, 4) is 0 Å². The highest BCUT2D eigenvalue weighted by molar-refractivity contribution is 5.81. The third kappa shape index (κ3) is 3.25. The Hall–Kier alpha value is -2.64. The molecule has 0 fully saturated rings. The number of aromatic nitrogens is 6. The molecule has 0 aromatic carbocycles. The van der Waals surface area contributed by atoms with Crippen LogP contribution in [-0.2, 0) is 24.4 Å². The highest BCUT2D eigenvalue weighted by Gasteiger charge is 2.14. The van der Waals surface area contributed by atoms with Crippen LogP contribution in [0.15, 0.2) is 24.9 Å². The number of nitrogens with one attached hydrogen (secondary N) is 1. The van der Waals surface area contributed by atoms with Crippen LogP contribution in [0.5, 0.6) is 0 Å². The van der Waals surface area contributed by atoms with Gasteiger partial charge in [0.2, 0.25) is 5.91 Å². The number of fused-ring (bicyclic) bond motifs is 1. The molecule has 8 nitrogen and oxygen atoms in total. The maximum atomic E-state index is 12.1. The van der Waals surface area contributed by atoms with Gasteiger partial charge in [-0.05, 0) is 20.3 Å². The van der Waals surface area contributed by atoms with Crippen LogP contribution >= 0.6 is 0 Å². The van der Waals surface area contributed by atoms with Gasteiger partial charge in [-0.1, -0.05) is 0 Å². The first-order valence-electron chi connectivity index (χ1n) is 7.80. The summed E-state index contributed by atoms with van der Waals surface area (Å²) in [4.78, 5) is 16.1. The van der Waals surface area contributed by atoms with Gasteiger partial charge >= 0.3 is 0 Å². The van der Waals surface area contributed by atoms with E-state index in [1.807, 2.05) is 29.3 Å². The summed E-state index contributed by atoms with van der Waals surface area (Å²) in [5, 5.41) is 11.7. The van der Waals surface area contributed by atoms with E-state index in [2.05, 4.69) is 20.5 Å². The van der Waals surface area contributed by atoms with Crippen LogP contribution in [0.1, 0.15) is 19.0 Å². The number of hydrogen-bond donors (Lipinski definition) is 1. The second kappa shape index (κ2) is 6.64. The molecule has 0 saturated heterocycles. The second-order valence-electron chi connectivity index (χ2n) is 5.44. The second-order valence-corrected chi connectivity index (χ2v) is 5.44. The fraction of sp³-hybridized carbons (Fsp3) is 0.467. The first-order valence-corrected chi connectivity index (χ1v) is 7.80. The average molecular weight is 315 g/mol. The minimum atomic E-state index is -0.0377. The Bertz CT molecular complexity index is 784. The highest BCUT2D eigenvalue weighted by atomic mass is 16.2. The van der Waals surface area contributed by atoms with Gasteiger partial charge in [-0.15, -0.1) is 0 Å². The van der Waals surface area contributed by atoms with Crippen molar-refractivity contribution in [1.82, 2.24) is 34.4 Å². The van der Waals surface area contributed by atoms with Crippen LogP contribution in [0.4, 0.5) is 0 Å². The SMILES string of the molecule is CCn1nc(C)c2c1cnn2CC(=O)NCCCn1ccnc1. The lowest BCUT2D eigenvalue weighted by molar-refractivity contribution is -0.121. The van der Waals surface area contributed by atoms with Gasteiger partial charge in [-0.2, -0.15) is 10.2 Å². The molecule has 3 rings (SSSR count). The number of nitrogens with zero attached hydrogens (tertiary/aromatic N) is 6. The van der Waals surface area contributed by atoms with Crippen LogP contribution < -0.4 is 5.32 Å². The van der Waals surface area contributed by atoms with E-state index in [4.69, 9.17) is 0 Å². The zero-order valence-electron chi connectivity index (χ0n) is 13.4. The number of hydrogen-bond acceptors (Lipinski definition) is 4. The van der Waals surface area contributed by atoms with Crippen molar-refractivity contribution in [3.63, 3.8) is 0 Å². The van der Waals surface area contributed by atoms with Gasteiger partial charge in [0.15, 0.2) is 0 Å². The minimum Gasteiger partial charge on any atom is -0.354 e. The van der Waals surface area contributed by atoms with Gasteiger partial charge in [0.05, 0.1) is 18.2 Å². The maximum absolute atomic E-state index is 12.1. The maximum Gasteiger partial charge on any atom is 0.241 e. The molecule has 3 aromatic heterocycles. The van der Waals surface area contributed by atoms with E-state index in [0.717, 1.165) is 36.2 Å². The summed E-state index contributed by atoms with van der Waals surface area (Å²) in [5.41, 5.74) is 2.80. The largest absolute Gasteiger partial charge is 0.354 e. The first-order chi connectivity index (χ1) is 11.2. The molecule has 0 atom stereocenters. The molecule has 1 N–H and O–H groups in total. The van der Waals surface area contributed by atoms with Crippen molar-refractivity contribution in [3.05, 3.63) is 30.6 Å². The quantitative estimate of drug-likeness (QED) is 0.658. The summed E-state index contributed by atoms with van der Waals surface area (Å²) in [6.45, 7) is 6.45. The molecular formula is C15H21N7O. The molecule has 0 aliphatic heterocycles. The molecule has 3 heterocycles. The van der Waals surface area contributed by atoms with Gasteiger partial charge in [0, 0.05) is 32.0 Å². The Balaban J connectivity index is 1.54. The summed E-state index contributed by atoms with van der Waals surface area (Å²) in [7, 11) is 0. The monoisotopic (exact) mass is 315 g/mol. The Morgan fingerprint density at radius 3 is 2.96 bits per heavy atom. The fourth-order valence-corrected chi connectivity index (χ4v) is 2.68. The number of amides is 1. The predicted octanol–water partition coefficient (Wildman–Crippen LogP) is 0.964. The normalized spacial score (nSPS) is 11.2. The number of aryl methyl sites for hydroxylation is 3. The Morgan fingerprint density at radius 1 is 1.35 bits per heavy atom. The summed E-state index contributed by atoms with van der Waals surface area (Å²) in [5.74, 6) is -0.0377. The minimum absolute atomic E-state index is 0.0377. The van der Waals surface area contributed by atoms with Crippen LogP contribution in [-0.4, -0.2) is 41.6 Å². The van der Waals surface area contributed by atoms with Crippen LogP contribution in [0.2, 0.25) is 0 Å². The van der Waals surface area contributed by atoms with Crippen molar-refractivity contribution in [1.29, 1.82) is 0 Å². The van der Waals surface area contributed by atoms with Crippen molar-refractivity contribution in [2.45, 2.75) is 39.9 Å². The zero-order chi connectivity index (χ0) is 16.2. The van der Waals surface area contributed by atoms with E-state index in [-0.39, 0.29) is 12.5 Å². The molecule has 23 heavy (non-hydrogen) atoms. The van der Waals surface area contributed by atoms with E-state index in [9.17, 15) is 4.79 Å². The number of carbonyl (C=O) groups is 1. The van der Waals surface area contributed by atoms with E-state index in [1.165, 1.54) is 0 Å². The van der Waals surface area contributed by atoms with Gasteiger partial charge in [0.25, 0.3) is 0 Å². The molecule has 0 aliphatic carbocycles. The Morgan fingerprint density at radius 2 is 2.22 bits per heavy atom. The Labute approximate surface area is 134 Å². The van der Waals surface area contributed by atoms with Gasteiger partial charge in [-0.25, -0.2) is 4.98 Å². The molecule has 0 saturated carbocycles. The van der Waals surface area contributed by atoms with Crippen LogP contribution in [0, 0.1) is 6.92 Å².